The number of anilines is 3. The molecule has 2 heterocycles. The number of benzene rings is 9. The SMILES string of the molecule is Fc1cccc2c1c1ccccc1n2-c1ccccc1-c1ccccc1N(c1ccc(-c2ccccc2)cc1)c1ccc(-c2cccc3c2sc2ccccc23)cc1. The van der Waals surface area contributed by atoms with E-state index in [0.29, 0.717) is 5.39 Å². The maximum absolute atomic E-state index is 15.6. The Hall–Kier alpha value is -7.27. The molecule has 2 aromatic heterocycles. The van der Waals surface area contributed by atoms with Crippen molar-refractivity contribution >= 4 is 70.4 Å². The fraction of sp³-hybridized carbons (Fsp3) is 0. The van der Waals surface area contributed by atoms with Gasteiger partial charge in [-0.1, -0.05) is 152 Å². The molecule has 11 aromatic rings. The highest BCUT2D eigenvalue weighted by molar-refractivity contribution is 7.26. The molecule has 0 fully saturated rings. The van der Waals surface area contributed by atoms with Crippen LogP contribution in [0.15, 0.2) is 212 Å². The molecule has 0 aliphatic rings. The lowest BCUT2D eigenvalue weighted by Gasteiger charge is -2.29. The minimum absolute atomic E-state index is 0.220. The Labute approximate surface area is 339 Å². The molecule has 0 aliphatic heterocycles. The lowest BCUT2D eigenvalue weighted by atomic mass is 9.98. The zero-order chi connectivity index (χ0) is 38.6. The van der Waals surface area contributed by atoms with Crippen molar-refractivity contribution in [3.8, 4) is 39.1 Å². The molecular formula is C54H35FN2S. The third kappa shape index (κ3) is 5.61. The van der Waals surface area contributed by atoms with Crippen molar-refractivity contribution in [3.05, 3.63) is 218 Å². The van der Waals surface area contributed by atoms with Crippen molar-refractivity contribution in [2.24, 2.45) is 0 Å². The maximum atomic E-state index is 15.6. The predicted molar refractivity (Wildman–Crippen MR) is 245 cm³/mol. The van der Waals surface area contributed by atoms with Crippen molar-refractivity contribution < 1.29 is 4.39 Å². The Bertz CT molecular complexity index is 3290. The van der Waals surface area contributed by atoms with Gasteiger partial charge in [-0.3, -0.25) is 0 Å². The van der Waals surface area contributed by atoms with Crippen LogP contribution in [0.4, 0.5) is 21.5 Å². The van der Waals surface area contributed by atoms with Gasteiger partial charge >= 0.3 is 0 Å². The summed E-state index contributed by atoms with van der Waals surface area (Å²) < 4.78 is 20.4. The molecule has 9 aromatic carbocycles. The van der Waals surface area contributed by atoms with Crippen molar-refractivity contribution in [1.29, 1.82) is 0 Å². The minimum Gasteiger partial charge on any atom is -0.310 e. The molecule has 0 unspecified atom stereocenters. The molecule has 0 bridgehead atoms. The molecule has 0 N–H and O–H groups in total. The van der Waals surface area contributed by atoms with Gasteiger partial charge in [0.2, 0.25) is 0 Å². The molecule has 0 saturated carbocycles. The molecule has 274 valence electrons. The van der Waals surface area contributed by atoms with Gasteiger partial charge in [0.25, 0.3) is 0 Å². The number of thiophene rings is 1. The van der Waals surface area contributed by atoms with Gasteiger partial charge in [0.1, 0.15) is 5.82 Å². The van der Waals surface area contributed by atoms with Crippen LogP contribution < -0.4 is 4.90 Å². The van der Waals surface area contributed by atoms with Gasteiger partial charge in [-0.25, -0.2) is 4.39 Å². The number of aromatic nitrogens is 1. The first-order valence-corrected chi connectivity index (χ1v) is 20.4. The number of hydrogen-bond donors (Lipinski definition) is 0. The summed E-state index contributed by atoms with van der Waals surface area (Å²) in [6, 6.07) is 74.2. The highest BCUT2D eigenvalue weighted by atomic mass is 32.1. The topological polar surface area (TPSA) is 8.17 Å². The molecule has 0 amide bonds. The summed E-state index contributed by atoms with van der Waals surface area (Å²) in [6.07, 6.45) is 0. The quantitative estimate of drug-likeness (QED) is 0.157. The van der Waals surface area contributed by atoms with Crippen LogP contribution in [0.25, 0.3) is 81.0 Å². The van der Waals surface area contributed by atoms with Gasteiger partial charge in [-0.15, -0.1) is 11.3 Å². The molecule has 0 radical (unpaired) electrons. The number of para-hydroxylation sites is 3. The molecular weight excluding hydrogens is 728 g/mol. The van der Waals surface area contributed by atoms with Gasteiger partial charge in [0.05, 0.1) is 22.4 Å². The second-order valence-electron chi connectivity index (χ2n) is 14.6. The first kappa shape index (κ1) is 34.0. The lowest BCUT2D eigenvalue weighted by Crippen LogP contribution is -2.11. The first-order valence-electron chi connectivity index (χ1n) is 19.5. The van der Waals surface area contributed by atoms with Crippen molar-refractivity contribution in [2.45, 2.75) is 0 Å². The zero-order valence-corrected chi connectivity index (χ0v) is 32.2. The second kappa shape index (κ2) is 14.0. The standard InChI is InChI=1S/C54H35FN2S/c55-47-22-13-26-51-53(47)46-19-6-10-25-50(46)57(51)49-24-9-5-17-43(49)42-16-4-8-23-48(42)56(39-32-28-37(29-33-39)36-14-2-1-3-15-36)40-34-30-38(31-35-40)41-20-12-21-45-44-18-7-11-27-52(44)58-54(41)45/h1-35H. The Morgan fingerprint density at radius 3 is 1.78 bits per heavy atom. The van der Waals surface area contributed by atoms with Crippen LogP contribution in [0.1, 0.15) is 0 Å². The summed E-state index contributed by atoms with van der Waals surface area (Å²) in [7, 11) is 0. The summed E-state index contributed by atoms with van der Waals surface area (Å²) >= 11 is 1.86. The van der Waals surface area contributed by atoms with Gasteiger partial charge < -0.3 is 9.47 Å². The third-order valence-electron chi connectivity index (χ3n) is 11.3. The number of rotatable bonds is 7. The van der Waals surface area contributed by atoms with Crippen LogP contribution in [0.2, 0.25) is 0 Å². The normalized spacial score (nSPS) is 11.5. The van der Waals surface area contributed by atoms with Gasteiger partial charge in [0.15, 0.2) is 0 Å². The molecule has 11 rings (SSSR count). The number of hydrogen-bond acceptors (Lipinski definition) is 2. The van der Waals surface area contributed by atoms with Crippen LogP contribution in [0.3, 0.4) is 0 Å². The van der Waals surface area contributed by atoms with E-state index in [0.717, 1.165) is 55.9 Å². The van der Waals surface area contributed by atoms with Gasteiger partial charge in [0, 0.05) is 53.4 Å². The van der Waals surface area contributed by atoms with Gasteiger partial charge in [-0.2, -0.15) is 0 Å². The number of halogens is 1. The van der Waals surface area contributed by atoms with E-state index in [1.165, 1.54) is 36.9 Å². The fourth-order valence-corrected chi connectivity index (χ4v) is 9.89. The average Bonchev–Trinajstić information content (AvgIpc) is 3.84. The summed E-state index contributed by atoms with van der Waals surface area (Å²) in [4.78, 5) is 2.36. The summed E-state index contributed by atoms with van der Waals surface area (Å²) in [5.41, 5.74) is 12.8. The van der Waals surface area contributed by atoms with E-state index in [1.807, 2.05) is 35.6 Å². The molecule has 0 atom stereocenters. The maximum Gasteiger partial charge on any atom is 0.133 e. The molecule has 4 heteroatoms. The number of nitrogens with zero attached hydrogens (tertiary/aromatic N) is 2. The van der Waals surface area contributed by atoms with E-state index in [1.54, 1.807) is 12.1 Å². The van der Waals surface area contributed by atoms with E-state index in [-0.39, 0.29) is 5.82 Å². The Balaban J connectivity index is 1.09. The first-order chi connectivity index (χ1) is 28.7. The van der Waals surface area contributed by atoms with Crippen molar-refractivity contribution in [3.63, 3.8) is 0 Å². The monoisotopic (exact) mass is 762 g/mol. The summed E-state index contributed by atoms with van der Waals surface area (Å²) in [5, 5.41) is 4.12. The van der Waals surface area contributed by atoms with Crippen LogP contribution in [-0.4, -0.2) is 4.57 Å². The second-order valence-corrected chi connectivity index (χ2v) is 15.6. The van der Waals surface area contributed by atoms with Crippen LogP contribution >= 0.6 is 11.3 Å². The molecule has 0 aliphatic carbocycles. The fourth-order valence-electron chi connectivity index (χ4n) is 8.65. The minimum atomic E-state index is -0.220. The van der Waals surface area contributed by atoms with Crippen LogP contribution in [0, 0.1) is 5.82 Å². The number of fused-ring (bicyclic) bond motifs is 6. The zero-order valence-electron chi connectivity index (χ0n) is 31.4. The molecule has 0 spiro atoms. The van der Waals surface area contributed by atoms with Crippen LogP contribution in [0.5, 0.6) is 0 Å². The van der Waals surface area contributed by atoms with E-state index < -0.39 is 0 Å². The van der Waals surface area contributed by atoms with E-state index in [2.05, 4.69) is 185 Å². The van der Waals surface area contributed by atoms with E-state index in [4.69, 9.17) is 0 Å². The molecule has 2 nitrogen and oxygen atoms in total. The van der Waals surface area contributed by atoms with Crippen molar-refractivity contribution in [1.82, 2.24) is 4.57 Å². The Kier molecular flexibility index (Phi) is 8.23. The molecule has 58 heavy (non-hydrogen) atoms. The predicted octanol–water partition coefficient (Wildman–Crippen LogP) is 15.8. The third-order valence-corrected chi connectivity index (χ3v) is 12.5. The Morgan fingerprint density at radius 2 is 0.966 bits per heavy atom. The average molecular weight is 763 g/mol. The summed E-state index contributed by atoms with van der Waals surface area (Å²) in [6.45, 7) is 0. The highest BCUT2D eigenvalue weighted by Crippen LogP contribution is 2.46. The highest BCUT2D eigenvalue weighted by Gasteiger charge is 2.22. The van der Waals surface area contributed by atoms with E-state index in [9.17, 15) is 0 Å². The smallest absolute Gasteiger partial charge is 0.133 e. The summed E-state index contributed by atoms with van der Waals surface area (Å²) in [5.74, 6) is -0.220. The molecule has 0 saturated heterocycles. The Morgan fingerprint density at radius 1 is 0.397 bits per heavy atom. The van der Waals surface area contributed by atoms with E-state index >= 15 is 4.39 Å². The van der Waals surface area contributed by atoms with Gasteiger partial charge in [-0.05, 0) is 82.9 Å². The lowest BCUT2D eigenvalue weighted by molar-refractivity contribution is 0.640. The largest absolute Gasteiger partial charge is 0.310 e. The van der Waals surface area contributed by atoms with Crippen LogP contribution in [-0.2, 0) is 0 Å². The van der Waals surface area contributed by atoms with Crippen molar-refractivity contribution in [2.75, 3.05) is 4.90 Å².